The highest BCUT2D eigenvalue weighted by Gasteiger charge is 2.25. The van der Waals surface area contributed by atoms with Crippen molar-refractivity contribution >= 4 is 54.7 Å². The summed E-state index contributed by atoms with van der Waals surface area (Å²) in [6.07, 6.45) is 0. The molecule has 0 radical (unpaired) electrons. The van der Waals surface area contributed by atoms with Gasteiger partial charge in [0.1, 0.15) is 5.82 Å². The number of anilines is 1. The van der Waals surface area contributed by atoms with E-state index in [4.69, 9.17) is 16.7 Å². The van der Waals surface area contributed by atoms with Gasteiger partial charge >= 0.3 is 5.97 Å². The first kappa shape index (κ1) is 20.8. The summed E-state index contributed by atoms with van der Waals surface area (Å²) in [7, 11) is -4.13. The van der Waals surface area contributed by atoms with Crippen molar-refractivity contribution in [2.45, 2.75) is 4.21 Å². The van der Waals surface area contributed by atoms with Gasteiger partial charge in [0.2, 0.25) is 5.75 Å². The molecule has 12 heteroatoms. The molecule has 0 aliphatic rings. The van der Waals surface area contributed by atoms with Crippen molar-refractivity contribution in [1.82, 2.24) is 9.97 Å². The van der Waals surface area contributed by atoms with Crippen molar-refractivity contribution in [3.05, 3.63) is 69.6 Å². The Bertz CT molecular complexity index is 1510. The number of benzene rings is 2. The van der Waals surface area contributed by atoms with Crippen LogP contribution in [0.4, 0.5) is 5.69 Å². The van der Waals surface area contributed by atoms with Gasteiger partial charge in [-0.25, -0.2) is 18.2 Å². The molecule has 4 aromatic rings. The smallest absolute Gasteiger partial charge is 0.358 e. The number of H-pyrrole nitrogens is 1. The Morgan fingerprint density at radius 3 is 2.52 bits per heavy atom. The number of para-hydroxylation sites is 1. The molecule has 0 unspecified atom stereocenters. The number of fused-ring (bicyclic) bond motifs is 1. The van der Waals surface area contributed by atoms with Crippen LogP contribution in [0.1, 0.15) is 10.5 Å². The zero-order valence-electron chi connectivity index (χ0n) is 15.3. The standard InChI is InChI=1S/C19H12ClN3O6S2/c20-13-10-6-2-4-8-12(10)30-19(13)31(28,29)23-11-7-3-1-5-9(11)16-21-14(18(26)27)15(24)17(25)22-16/h1-8,23-24H,(H,26,27)(H,21,22,25). The number of hydrogen-bond donors (Lipinski definition) is 4. The fourth-order valence-corrected chi connectivity index (χ4v) is 6.08. The number of carbonyl (C=O) groups is 1. The number of carboxylic acids is 1. The van der Waals surface area contributed by atoms with Crippen LogP contribution in [0.25, 0.3) is 21.5 Å². The van der Waals surface area contributed by atoms with Crippen LogP contribution < -0.4 is 10.3 Å². The summed E-state index contributed by atoms with van der Waals surface area (Å²) >= 11 is 7.29. The highest BCUT2D eigenvalue weighted by atomic mass is 35.5. The third kappa shape index (κ3) is 3.74. The van der Waals surface area contributed by atoms with E-state index < -0.39 is 33.0 Å². The van der Waals surface area contributed by atoms with Crippen LogP contribution in [0.2, 0.25) is 5.02 Å². The highest BCUT2D eigenvalue weighted by molar-refractivity contribution is 7.95. The summed E-state index contributed by atoms with van der Waals surface area (Å²) in [5.41, 5.74) is -1.80. The Balaban J connectivity index is 1.82. The molecule has 2 aromatic heterocycles. The van der Waals surface area contributed by atoms with Crippen molar-refractivity contribution < 1.29 is 23.4 Å². The number of aromatic amines is 1. The highest BCUT2D eigenvalue weighted by Crippen LogP contribution is 2.39. The normalized spacial score (nSPS) is 11.5. The Morgan fingerprint density at radius 2 is 1.81 bits per heavy atom. The third-order valence-corrected chi connectivity index (χ3v) is 7.94. The molecule has 2 aromatic carbocycles. The van der Waals surface area contributed by atoms with Gasteiger partial charge in [-0.2, -0.15) is 0 Å². The lowest BCUT2D eigenvalue weighted by atomic mass is 10.1. The van der Waals surface area contributed by atoms with E-state index in [1.807, 2.05) is 0 Å². The zero-order valence-corrected chi connectivity index (χ0v) is 17.7. The molecule has 4 rings (SSSR count). The first-order valence-electron chi connectivity index (χ1n) is 8.55. The first-order valence-corrected chi connectivity index (χ1v) is 11.2. The van der Waals surface area contributed by atoms with Crippen molar-refractivity contribution in [2.75, 3.05) is 4.72 Å². The van der Waals surface area contributed by atoms with Gasteiger partial charge in [0.25, 0.3) is 15.6 Å². The molecule has 0 aliphatic heterocycles. The summed E-state index contributed by atoms with van der Waals surface area (Å²) in [6.45, 7) is 0. The molecular weight excluding hydrogens is 466 g/mol. The van der Waals surface area contributed by atoms with E-state index >= 15 is 0 Å². The van der Waals surface area contributed by atoms with Crippen LogP contribution in [0.15, 0.2) is 57.5 Å². The second-order valence-electron chi connectivity index (χ2n) is 6.27. The summed E-state index contributed by atoms with van der Waals surface area (Å²) < 4.78 is 29.1. The lowest BCUT2D eigenvalue weighted by molar-refractivity contribution is 0.0686. The Labute approximate surface area is 183 Å². The van der Waals surface area contributed by atoms with Crippen molar-refractivity contribution in [1.29, 1.82) is 0 Å². The molecule has 4 N–H and O–H groups in total. The van der Waals surface area contributed by atoms with E-state index in [9.17, 15) is 23.1 Å². The third-order valence-electron chi connectivity index (χ3n) is 4.27. The summed E-state index contributed by atoms with van der Waals surface area (Å²) in [5, 5.41) is 19.5. The van der Waals surface area contributed by atoms with Crippen LogP contribution in [0.3, 0.4) is 0 Å². The van der Waals surface area contributed by atoms with E-state index in [1.54, 1.807) is 36.4 Å². The average Bonchev–Trinajstić information content (AvgIpc) is 3.08. The number of thiophene rings is 1. The Hall–Kier alpha value is -3.41. The molecule has 0 spiro atoms. The number of nitrogens with one attached hydrogen (secondary N) is 2. The predicted octanol–water partition coefficient (Wildman–Crippen LogP) is 3.51. The van der Waals surface area contributed by atoms with E-state index in [2.05, 4.69) is 14.7 Å². The molecule has 0 bridgehead atoms. The molecule has 0 aliphatic carbocycles. The maximum atomic E-state index is 13.1. The van der Waals surface area contributed by atoms with Gasteiger partial charge in [0.15, 0.2) is 9.90 Å². The molecule has 0 saturated heterocycles. The number of sulfonamides is 1. The number of halogens is 1. The molecule has 2 heterocycles. The SMILES string of the molecule is O=C(O)c1nc(-c2ccccc2NS(=O)(=O)c2sc3ccccc3c2Cl)[nH]c(=O)c1O. The van der Waals surface area contributed by atoms with Crippen molar-refractivity contribution in [3.8, 4) is 17.1 Å². The van der Waals surface area contributed by atoms with Gasteiger partial charge in [-0.15, -0.1) is 11.3 Å². The molecule has 9 nitrogen and oxygen atoms in total. The van der Waals surface area contributed by atoms with Crippen LogP contribution in [0, 0.1) is 0 Å². The summed E-state index contributed by atoms with van der Waals surface area (Å²) in [6, 6.07) is 12.9. The largest absolute Gasteiger partial charge is 0.501 e. The van der Waals surface area contributed by atoms with Gasteiger partial charge in [0, 0.05) is 15.6 Å². The number of nitrogens with zero attached hydrogens (tertiary/aromatic N) is 1. The minimum atomic E-state index is -4.13. The number of aromatic hydroxyl groups is 1. The monoisotopic (exact) mass is 477 g/mol. The van der Waals surface area contributed by atoms with Crippen molar-refractivity contribution in [3.63, 3.8) is 0 Å². The Kier molecular flexibility index (Phi) is 5.17. The van der Waals surface area contributed by atoms with Crippen LogP contribution in [0.5, 0.6) is 5.75 Å². The first-order chi connectivity index (χ1) is 14.7. The van der Waals surface area contributed by atoms with Gasteiger partial charge in [-0.05, 0) is 18.2 Å². The van der Waals surface area contributed by atoms with E-state index in [-0.39, 0.29) is 26.3 Å². The molecule has 0 atom stereocenters. The lowest BCUT2D eigenvalue weighted by Gasteiger charge is -2.12. The molecular formula is C19H12ClN3O6S2. The number of aromatic nitrogens is 2. The van der Waals surface area contributed by atoms with Gasteiger partial charge in [0.05, 0.1) is 10.7 Å². The maximum Gasteiger partial charge on any atom is 0.358 e. The number of hydrogen-bond acceptors (Lipinski definition) is 7. The maximum absolute atomic E-state index is 13.1. The molecule has 0 amide bonds. The van der Waals surface area contributed by atoms with E-state index in [0.717, 1.165) is 11.3 Å². The van der Waals surface area contributed by atoms with Gasteiger partial charge in [-0.3, -0.25) is 9.52 Å². The molecule has 31 heavy (non-hydrogen) atoms. The van der Waals surface area contributed by atoms with Gasteiger partial charge in [-0.1, -0.05) is 41.9 Å². The average molecular weight is 478 g/mol. The minimum absolute atomic E-state index is 0.0289. The second-order valence-corrected chi connectivity index (χ2v) is 9.58. The predicted molar refractivity (Wildman–Crippen MR) is 117 cm³/mol. The summed E-state index contributed by atoms with van der Waals surface area (Å²) in [5.74, 6) is -2.90. The fraction of sp³-hybridized carbons (Fsp3) is 0. The molecule has 0 saturated carbocycles. The van der Waals surface area contributed by atoms with Crippen LogP contribution >= 0.6 is 22.9 Å². The van der Waals surface area contributed by atoms with Gasteiger partial charge < -0.3 is 15.2 Å². The summed E-state index contributed by atoms with van der Waals surface area (Å²) in [4.78, 5) is 29.2. The van der Waals surface area contributed by atoms with Crippen LogP contribution in [-0.2, 0) is 10.0 Å². The number of aromatic carboxylic acids is 1. The van der Waals surface area contributed by atoms with E-state index in [1.165, 1.54) is 12.1 Å². The van der Waals surface area contributed by atoms with E-state index in [0.29, 0.717) is 10.1 Å². The molecule has 0 fully saturated rings. The fourth-order valence-electron chi connectivity index (χ4n) is 2.88. The number of rotatable bonds is 5. The second kappa shape index (κ2) is 7.69. The zero-order chi connectivity index (χ0) is 22.3. The van der Waals surface area contributed by atoms with Crippen molar-refractivity contribution in [2.24, 2.45) is 0 Å². The topological polar surface area (TPSA) is 149 Å². The Morgan fingerprint density at radius 1 is 1.13 bits per heavy atom. The van der Waals surface area contributed by atoms with Crippen LogP contribution in [-0.4, -0.2) is 34.6 Å². The number of carboxylic acid groups (broad SMARTS) is 1. The quantitative estimate of drug-likeness (QED) is 0.343. The minimum Gasteiger partial charge on any atom is -0.501 e. The molecule has 158 valence electrons. The lowest BCUT2D eigenvalue weighted by Crippen LogP contribution is -2.17.